The maximum Gasteiger partial charge on any atom is 0.573 e. The normalized spacial score (nSPS) is 14.9. The number of ether oxygens (including phenoxy) is 1. The first-order chi connectivity index (χ1) is 18.5. The van der Waals surface area contributed by atoms with E-state index in [1.165, 1.54) is 42.5 Å². The zero-order valence-electron chi connectivity index (χ0n) is 21.2. The maximum atomic E-state index is 13.0. The van der Waals surface area contributed by atoms with Crippen LogP contribution in [0.1, 0.15) is 48.1 Å². The van der Waals surface area contributed by atoms with Gasteiger partial charge >= 0.3 is 6.36 Å². The number of benzene rings is 2. The van der Waals surface area contributed by atoms with Crippen LogP contribution in [0.5, 0.6) is 5.75 Å². The van der Waals surface area contributed by atoms with E-state index in [2.05, 4.69) is 20.4 Å². The molecule has 3 amide bonds. The summed E-state index contributed by atoms with van der Waals surface area (Å²) in [7, 11) is 0. The van der Waals surface area contributed by atoms with E-state index in [9.17, 15) is 27.6 Å². The Bertz CT molecular complexity index is 1340. The van der Waals surface area contributed by atoms with Gasteiger partial charge in [0.1, 0.15) is 17.5 Å². The number of carbonyl (C=O) groups excluding carboxylic acids is 3. The van der Waals surface area contributed by atoms with E-state index >= 15 is 0 Å². The molecule has 1 atom stereocenters. The minimum atomic E-state index is -4.78. The summed E-state index contributed by atoms with van der Waals surface area (Å²) in [6.07, 6.45) is -3.38. The van der Waals surface area contributed by atoms with Gasteiger partial charge in [0.2, 0.25) is 11.8 Å². The van der Waals surface area contributed by atoms with Crippen LogP contribution in [0.3, 0.4) is 0 Å². The van der Waals surface area contributed by atoms with Crippen molar-refractivity contribution >= 4 is 34.7 Å². The molecule has 1 fully saturated rings. The second-order valence-corrected chi connectivity index (χ2v) is 10.1. The topological polar surface area (TPSA) is 101 Å². The molecule has 4 rings (SSSR count). The lowest BCUT2D eigenvalue weighted by atomic mass is 9.97. The molecule has 0 saturated carbocycles. The molecule has 12 heteroatoms. The molecule has 3 aromatic rings. The van der Waals surface area contributed by atoms with Crippen molar-refractivity contribution in [3.63, 3.8) is 0 Å². The number of nitrogens with one attached hydrogen (secondary N) is 2. The summed E-state index contributed by atoms with van der Waals surface area (Å²) in [5.74, 6) is -1.00. The Labute approximate surface area is 227 Å². The quantitative estimate of drug-likeness (QED) is 0.414. The molecule has 8 nitrogen and oxygen atoms in total. The largest absolute Gasteiger partial charge is 0.573 e. The number of hydrogen-bond donors (Lipinski definition) is 2. The van der Waals surface area contributed by atoms with E-state index in [1.54, 1.807) is 41.5 Å². The monoisotopic (exact) mass is 560 g/mol. The highest BCUT2D eigenvalue weighted by Gasteiger charge is 2.31. The third-order valence-corrected chi connectivity index (χ3v) is 7.28. The molecule has 0 unspecified atom stereocenters. The van der Waals surface area contributed by atoms with Gasteiger partial charge in [-0.05, 0) is 43.5 Å². The number of rotatable bonds is 7. The molecule has 0 aliphatic carbocycles. The highest BCUT2D eigenvalue weighted by Crippen LogP contribution is 2.33. The number of anilines is 1. The van der Waals surface area contributed by atoms with Gasteiger partial charge in [0.25, 0.3) is 5.91 Å². The van der Waals surface area contributed by atoms with Gasteiger partial charge in [-0.3, -0.25) is 14.4 Å². The molecule has 2 aromatic carbocycles. The lowest BCUT2D eigenvalue weighted by Crippen LogP contribution is -2.48. The molecule has 1 aromatic heterocycles. The van der Waals surface area contributed by atoms with Gasteiger partial charge in [-0.15, -0.1) is 24.5 Å². The Balaban J connectivity index is 1.39. The number of thiazole rings is 1. The lowest BCUT2D eigenvalue weighted by Gasteiger charge is -2.32. The Morgan fingerprint density at radius 3 is 2.38 bits per heavy atom. The molecule has 206 valence electrons. The van der Waals surface area contributed by atoms with Crippen molar-refractivity contribution < 1.29 is 32.3 Å². The summed E-state index contributed by atoms with van der Waals surface area (Å²) in [5, 5.41) is 7.97. The fourth-order valence-corrected chi connectivity index (χ4v) is 5.40. The van der Waals surface area contributed by atoms with Crippen LogP contribution in [0.15, 0.2) is 53.9 Å². The molecule has 2 N–H and O–H groups in total. The first-order valence-electron chi connectivity index (χ1n) is 12.3. The van der Waals surface area contributed by atoms with Crippen molar-refractivity contribution in [1.29, 1.82) is 0 Å². The standard InChI is InChI=1S/C27H27F3N4O4S/c1-16(31-17(2)35)26(37)34-13-11-19(12-14-34)25-33-23(15-39-25)24(36)32-22-6-4-3-5-21(22)18-7-9-20(10-8-18)38-27(28,29)30/h3-10,15-16,19H,11-14H2,1-2H3,(H,31,35)(H,32,36)/t16-/m0/s1. The number of amides is 3. The third kappa shape index (κ3) is 7.34. The number of likely N-dealkylation sites (tertiary alicyclic amines) is 1. The molecule has 1 aliphatic heterocycles. The molecule has 39 heavy (non-hydrogen) atoms. The van der Waals surface area contributed by atoms with E-state index in [1.807, 2.05) is 0 Å². The molecule has 1 aliphatic rings. The number of halogens is 3. The van der Waals surface area contributed by atoms with Crippen LogP contribution < -0.4 is 15.4 Å². The lowest BCUT2D eigenvalue weighted by molar-refractivity contribution is -0.274. The van der Waals surface area contributed by atoms with Gasteiger partial charge in [0.05, 0.1) is 5.01 Å². The zero-order valence-corrected chi connectivity index (χ0v) is 22.1. The summed E-state index contributed by atoms with van der Waals surface area (Å²) in [5.41, 5.74) is 1.98. The smallest absolute Gasteiger partial charge is 0.406 e. The number of nitrogens with zero attached hydrogens (tertiary/aromatic N) is 2. The van der Waals surface area contributed by atoms with Crippen LogP contribution in [0, 0.1) is 0 Å². The Kier molecular flexibility index (Phi) is 8.54. The summed E-state index contributed by atoms with van der Waals surface area (Å²) >= 11 is 1.39. The predicted molar refractivity (Wildman–Crippen MR) is 140 cm³/mol. The van der Waals surface area contributed by atoms with Crippen molar-refractivity contribution in [2.45, 2.75) is 45.0 Å². The van der Waals surface area contributed by atoms with E-state index in [0.29, 0.717) is 42.7 Å². The number of hydrogen-bond acceptors (Lipinski definition) is 6. The molecular weight excluding hydrogens is 533 g/mol. The number of para-hydroxylation sites is 1. The van der Waals surface area contributed by atoms with Gasteiger partial charge < -0.3 is 20.3 Å². The van der Waals surface area contributed by atoms with Crippen molar-refractivity contribution in [3.8, 4) is 16.9 Å². The van der Waals surface area contributed by atoms with Crippen LogP contribution in [-0.2, 0) is 9.59 Å². The van der Waals surface area contributed by atoms with Crippen LogP contribution in [-0.4, -0.2) is 53.1 Å². The van der Waals surface area contributed by atoms with Crippen LogP contribution in [0.25, 0.3) is 11.1 Å². The third-order valence-electron chi connectivity index (χ3n) is 6.27. The molecular formula is C27H27F3N4O4S. The zero-order chi connectivity index (χ0) is 28.2. The fourth-order valence-electron chi connectivity index (χ4n) is 4.43. The molecule has 0 radical (unpaired) electrons. The maximum absolute atomic E-state index is 13.0. The van der Waals surface area contributed by atoms with E-state index in [4.69, 9.17) is 0 Å². The Morgan fingerprint density at radius 1 is 1.08 bits per heavy atom. The van der Waals surface area contributed by atoms with Crippen LogP contribution in [0.2, 0.25) is 0 Å². The van der Waals surface area contributed by atoms with Crippen LogP contribution >= 0.6 is 11.3 Å². The van der Waals surface area contributed by atoms with Crippen molar-refractivity contribution in [2.75, 3.05) is 18.4 Å². The fraction of sp³-hybridized carbons (Fsp3) is 0.333. The van der Waals surface area contributed by atoms with E-state index in [-0.39, 0.29) is 29.2 Å². The SMILES string of the molecule is CC(=O)N[C@@H](C)C(=O)N1CCC(c2nc(C(=O)Nc3ccccc3-c3ccc(OC(F)(F)F)cc3)cs2)CC1. The summed E-state index contributed by atoms with van der Waals surface area (Å²) in [6.45, 7) is 4.11. The van der Waals surface area contributed by atoms with Crippen molar-refractivity contribution in [3.05, 3.63) is 64.6 Å². The highest BCUT2D eigenvalue weighted by atomic mass is 32.1. The first kappa shape index (κ1) is 28.1. The van der Waals surface area contributed by atoms with Gasteiger partial charge in [-0.25, -0.2) is 4.98 Å². The number of carbonyl (C=O) groups is 3. The Morgan fingerprint density at radius 2 is 1.74 bits per heavy atom. The van der Waals surface area contributed by atoms with Gasteiger partial charge in [-0.1, -0.05) is 30.3 Å². The minimum absolute atomic E-state index is 0.112. The van der Waals surface area contributed by atoms with Gasteiger partial charge in [0, 0.05) is 42.6 Å². The summed E-state index contributed by atoms with van der Waals surface area (Å²) < 4.78 is 41.3. The average molecular weight is 561 g/mol. The number of piperidine rings is 1. The Hall–Kier alpha value is -3.93. The highest BCUT2D eigenvalue weighted by molar-refractivity contribution is 7.10. The molecule has 0 spiro atoms. The molecule has 2 heterocycles. The van der Waals surface area contributed by atoms with Gasteiger partial charge in [-0.2, -0.15) is 0 Å². The van der Waals surface area contributed by atoms with E-state index in [0.717, 1.165) is 5.01 Å². The summed E-state index contributed by atoms with van der Waals surface area (Å²) in [4.78, 5) is 43.1. The van der Waals surface area contributed by atoms with Crippen molar-refractivity contribution in [2.24, 2.45) is 0 Å². The first-order valence-corrected chi connectivity index (χ1v) is 13.2. The number of aromatic nitrogens is 1. The molecule has 1 saturated heterocycles. The van der Waals surface area contributed by atoms with Crippen molar-refractivity contribution in [1.82, 2.24) is 15.2 Å². The predicted octanol–water partition coefficient (Wildman–Crippen LogP) is 5.19. The summed E-state index contributed by atoms with van der Waals surface area (Å²) in [6, 6.07) is 11.8. The second kappa shape index (κ2) is 11.9. The average Bonchev–Trinajstić information content (AvgIpc) is 3.39. The van der Waals surface area contributed by atoms with E-state index < -0.39 is 18.3 Å². The molecule has 0 bridgehead atoms. The number of alkyl halides is 3. The van der Waals surface area contributed by atoms with Gasteiger partial charge in [0.15, 0.2) is 0 Å². The second-order valence-electron chi connectivity index (χ2n) is 9.16. The van der Waals surface area contributed by atoms with Crippen LogP contribution in [0.4, 0.5) is 18.9 Å². The minimum Gasteiger partial charge on any atom is -0.406 e.